The first-order valence-electron chi connectivity index (χ1n) is 5.95. The Labute approximate surface area is 100 Å². The molecule has 90 valence electrons. The quantitative estimate of drug-likeness (QED) is 0.853. The van der Waals surface area contributed by atoms with E-state index in [-0.39, 0.29) is 11.9 Å². The van der Waals surface area contributed by atoms with Crippen LogP contribution < -0.4 is 5.32 Å². The van der Waals surface area contributed by atoms with Crippen LogP contribution in [0.2, 0.25) is 0 Å². The van der Waals surface area contributed by atoms with Gasteiger partial charge in [-0.25, -0.2) is 0 Å². The molecule has 2 rings (SSSR count). The fourth-order valence-corrected chi connectivity index (χ4v) is 2.03. The summed E-state index contributed by atoms with van der Waals surface area (Å²) in [6, 6.07) is 5.69. The van der Waals surface area contributed by atoms with Crippen molar-refractivity contribution in [2.45, 2.75) is 38.1 Å². The average molecular weight is 232 g/mol. The minimum absolute atomic E-state index is 0.0111. The maximum Gasteiger partial charge on any atom is 0.226 e. The van der Waals surface area contributed by atoms with E-state index in [0.717, 1.165) is 18.5 Å². The average Bonchev–Trinajstić information content (AvgIpc) is 2.33. The molecule has 1 aliphatic rings. The zero-order chi connectivity index (χ0) is 12.1. The van der Waals surface area contributed by atoms with Gasteiger partial charge in [0.1, 0.15) is 5.78 Å². The van der Waals surface area contributed by atoms with Crippen LogP contribution >= 0.6 is 0 Å². The second-order valence-electron chi connectivity index (χ2n) is 4.38. The Morgan fingerprint density at radius 3 is 2.76 bits per heavy atom. The van der Waals surface area contributed by atoms with E-state index < -0.39 is 0 Å². The van der Waals surface area contributed by atoms with Gasteiger partial charge in [-0.3, -0.25) is 14.6 Å². The fourth-order valence-electron chi connectivity index (χ4n) is 2.03. The van der Waals surface area contributed by atoms with Crippen LogP contribution in [-0.4, -0.2) is 22.7 Å². The van der Waals surface area contributed by atoms with Crippen molar-refractivity contribution in [1.29, 1.82) is 0 Å². The third-order valence-corrected chi connectivity index (χ3v) is 2.98. The third-order valence-electron chi connectivity index (χ3n) is 2.98. The molecule has 1 fully saturated rings. The molecule has 0 radical (unpaired) electrons. The fraction of sp³-hybridized carbons (Fsp3) is 0.462. The number of Topliss-reactive ketones (excluding diaryl/α,β-unsaturated/α-hetero) is 1. The minimum Gasteiger partial charge on any atom is -0.353 e. The molecule has 1 aliphatic carbocycles. The summed E-state index contributed by atoms with van der Waals surface area (Å²) in [6.45, 7) is 0. The van der Waals surface area contributed by atoms with E-state index >= 15 is 0 Å². The van der Waals surface area contributed by atoms with Gasteiger partial charge in [0.05, 0.1) is 6.42 Å². The van der Waals surface area contributed by atoms with Crippen LogP contribution in [0.3, 0.4) is 0 Å². The van der Waals surface area contributed by atoms with Crippen LogP contribution in [0.15, 0.2) is 24.4 Å². The van der Waals surface area contributed by atoms with E-state index in [1.807, 2.05) is 18.2 Å². The number of hydrogen-bond acceptors (Lipinski definition) is 3. The van der Waals surface area contributed by atoms with Gasteiger partial charge in [0.25, 0.3) is 0 Å². The second kappa shape index (κ2) is 5.57. The van der Waals surface area contributed by atoms with Gasteiger partial charge < -0.3 is 5.32 Å². The molecule has 1 amide bonds. The predicted molar refractivity (Wildman–Crippen MR) is 63.3 cm³/mol. The molecule has 0 spiro atoms. The normalized spacial score (nSPS) is 16.8. The second-order valence-corrected chi connectivity index (χ2v) is 4.38. The number of nitrogens with one attached hydrogen (secondary N) is 1. The first kappa shape index (κ1) is 11.8. The smallest absolute Gasteiger partial charge is 0.226 e. The van der Waals surface area contributed by atoms with Crippen molar-refractivity contribution >= 4 is 11.7 Å². The van der Waals surface area contributed by atoms with Crippen molar-refractivity contribution in [1.82, 2.24) is 10.3 Å². The summed E-state index contributed by atoms with van der Waals surface area (Å²) in [4.78, 5) is 26.9. The summed E-state index contributed by atoms with van der Waals surface area (Å²) in [7, 11) is 0. The van der Waals surface area contributed by atoms with Crippen molar-refractivity contribution < 1.29 is 9.59 Å². The molecule has 17 heavy (non-hydrogen) atoms. The summed E-state index contributed by atoms with van der Waals surface area (Å²) in [5.74, 6) is 0.295. The zero-order valence-corrected chi connectivity index (χ0v) is 9.69. The predicted octanol–water partition coefficient (Wildman–Crippen LogP) is 1.25. The van der Waals surface area contributed by atoms with Crippen LogP contribution in [0.1, 0.15) is 31.4 Å². The highest BCUT2D eigenvalue weighted by Crippen LogP contribution is 2.14. The van der Waals surface area contributed by atoms with Crippen molar-refractivity contribution in [2.24, 2.45) is 0 Å². The molecule has 0 aliphatic heterocycles. The Balaban J connectivity index is 1.80. The molecule has 1 saturated carbocycles. The number of pyridine rings is 1. The monoisotopic (exact) mass is 232 g/mol. The van der Waals surface area contributed by atoms with E-state index in [1.165, 1.54) is 0 Å². The van der Waals surface area contributed by atoms with E-state index in [2.05, 4.69) is 10.3 Å². The highest BCUT2D eigenvalue weighted by atomic mass is 16.1. The number of rotatable bonds is 3. The van der Waals surface area contributed by atoms with Crippen LogP contribution in [-0.2, 0) is 16.0 Å². The number of hydrogen-bond donors (Lipinski definition) is 1. The maximum atomic E-state index is 11.7. The summed E-state index contributed by atoms with van der Waals surface area (Å²) < 4.78 is 0. The standard InChI is InChI=1S/C13H16N2O2/c16-12-6-4-10(5-7-12)15-13(17)9-11-3-1-2-8-14-11/h1-3,8,10H,4-7,9H2,(H,15,17). The first-order valence-corrected chi connectivity index (χ1v) is 5.95. The number of nitrogens with zero attached hydrogens (tertiary/aromatic N) is 1. The van der Waals surface area contributed by atoms with Gasteiger partial charge in [-0.2, -0.15) is 0 Å². The van der Waals surface area contributed by atoms with Gasteiger partial charge >= 0.3 is 0 Å². The first-order chi connectivity index (χ1) is 8.24. The molecule has 0 bridgehead atoms. The molecule has 0 unspecified atom stereocenters. The van der Waals surface area contributed by atoms with Gasteiger partial charge in [-0.15, -0.1) is 0 Å². The Morgan fingerprint density at radius 2 is 2.12 bits per heavy atom. The Bertz CT molecular complexity index is 393. The molecule has 1 N–H and O–H groups in total. The number of aromatic nitrogens is 1. The van der Waals surface area contributed by atoms with Crippen LogP contribution in [0.4, 0.5) is 0 Å². The summed E-state index contributed by atoms with van der Waals surface area (Å²) >= 11 is 0. The Kier molecular flexibility index (Phi) is 3.85. The van der Waals surface area contributed by atoms with E-state index in [1.54, 1.807) is 6.20 Å². The molecule has 1 aromatic heterocycles. The minimum atomic E-state index is -0.0111. The van der Waals surface area contributed by atoms with Crippen LogP contribution in [0.25, 0.3) is 0 Å². The molecule has 0 atom stereocenters. The molecule has 4 heteroatoms. The van der Waals surface area contributed by atoms with Crippen molar-refractivity contribution in [3.05, 3.63) is 30.1 Å². The molecular weight excluding hydrogens is 216 g/mol. The van der Waals surface area contributed by atoms with Gasteiger partial charge in [0, 0.05) is 30.8 Å². The van der Waals surface area contributed by atoms with E-state index in [0.29, 0.717) is 25.0 Å². The van der Waals surface area contributed by atoms with Crippen molar-refractivity contribution in [3.63, 3.8) is 0 Å². The summed E-state index contributed by atoms with van der Waals surface area (Å²) in [5, 5.41) is 2.96. The summed E-state index contributed by atoms with van der Waals surface area (Å²) in [6.07, 6.45) is 4.72. The molecular formula is C13H16N2O2. The van der Waals surface area contributed by atoms with Gasteiger partial charge in [0.2, 0.25) is 5.91 Å². The highest BCUT2D eigenvalue weighted by molar-refractivity contribution is 5.81. The van der Waals surface area contributed by atoms with E-state index in [9.17, 15) is 9.59 Å². The van der Waals surface area contributed by atoms with Gasteiger partial charge in [0.15, 0.2) is 0 Å². The largest absolute Gasteiger partial charge is 0.353 e. The zero-order valence-electron chi connectivity index (χ0n) is 9.69. The lowest BCUT2D eigenvalue weighted by molar-refractivity contribution is -0.124. The number of carbonyl (C=O) groups excluding carboxylic acids is 2. The third kappa shape index (κ3) is 3.66. The molecule has 0 aromatic carbocycles. The number of ketones is 1. The van der Waals surface area contributed by atoms with Gasteiger partial charge in [-0.05, 0) is 25.0 Å². The lowest BCUT2D eigenvalue weighted by atomic mass is 9.94. The lowest BCUT2D eigenvalue weighted by Gasteiger charge is -2.22. The van der Waals surface area contributed by atoms with Crippen molar-refractivity contribution in [3.8, 4) is 0 Å². The maximum absolute atomic E-state index is 11.7. The molecule has 0 saturated heterocycles. The lowest BCUT2D eigenvalue weighted by Crippen LogP contribution is -2.38. The highest BCUT2D eigenvalue weighted by Gasteiger charge is 2.20. The molecule has 4 nitrogen and oxygen atoms in total. The Morgan fingerprint density at radius 1 is 1.35 bits per heavy atom. The van der Waals surface area contributed by atoms with Crippen molar-refractivity contribution in [2.75, 3.05) is 0 Å². The van der Waals surface area contributed by atoms with Gasteiger partial charge in [-0.1, -0.05) is 6.07 Å². The van der Waals surface area contributed by atoms with Crippen LogP contribution in [0.5, 0.6) is 0 Å². The number of amides is 1. The molecule has 1 aromatic rings. The molecule has 1 heterocycles. The SMILES string of the molecule is O=C1CCC(NC(=O)Cc2ccccn2)CC1. The topological polar surface area (TPSA) is 59.1 Å². The van der Waals surface area contributed by atoms with Crippen LogP contribution in [0, 0.1) is 0 Å². The number of carbonyl (C=O) groups is 2. The van der Waals surface area contributed by atoms with E-state index in [4.69, 9.17) is 0 Å². The Hall–Kier alpha value is -1.71. The summed E-state index contributed by atoms with van der Waals surface area (Å²) in [5.41, 5.74) is 0.775.